The van der Waals surface area contributed by atoms with Crippen LogP contribution in [0.4, 0.5) is 13.2 Å². The molecule has 1 aliphatic rings. The third-order valence-electron chi connectivity index (χ3n) is 2.58. The van der Waals surface area contributed by atoms with Crippen molar-refractivity contribution >= 4 is 5.97 Å². The smallest absolute Gasteiger partial charge is 0.406 e. The van der Waals surface area contributed by atoms with Crippen LogP contribution in [0, 0.1) is 11.3 Å². The van der Waals surface area contributed by atoms with E-state index in [1.165, 1.54) is 6.92 Å². The summed E-state index contributed by atoms with van der Waals surface area (Å²) in [4.78, 5) is 10.6. The number of nitrogens with one attached hydrogen (secondary N) is 1. The molecular formula is C7H10F3NO2. The molecule has 0 amide bonds. The van der Waals surface area contributed by atoms with Gasteiger partial charge in [0.1, 0.15) is 0 Å². The second-order valence-corrected chi connectivity index (χ2v) is 3.31. The Morgan fingerprint density at radius 1 is 1.62 bits per heavy atom. The fourth-order valence-corrected chi connectivity index (χ4v) is 1.62. The molecule has 0 aromatic rings. The number of carboxylic acids is 1. The molecule has 1 fully saturated rings. The zero-order valence-corrected chi connectivity index (χ0v) is 6.98. The summed E-state index contributed by atoms with van der Waals surface area (Å²) in [6.45, 7) is 0.848. The molecule has 1 rings (SSSR count). The van der Waals surface area contributed by atoms with Crippen LogP contribution in [0.3, 0.4) is 0 Å². The van der Waals surface area contributed by atoms with Crippen molar-refractivity contribution in [3.8, 4) is 0 Å². The van der Waals surface area contributed by atoms with Gasteiger partial charge in [-0.2, -0.15) is 13.2 Å². The number of aliphatic carboxylic acids is 1. The van der Waals surface area contributed by atoms with Crippen molar-refractivity contribution in [1.29, 1.82) is 0 Å². The third kappa shape index (κ3) is 1.29. The van der Waals surface area contributed by atoms with Crippen LogP contribution in [-0.2, 0) is 4.79 Å². The van der Waals surface area contributed by atoms with E-state index in [1.807, 2.05) is 0 Å². The highest BCUT2D eigenvalue weighted by atomic mass is 19.4. The van der Waals surface area contributed by atoms with Gasteiger partial charge in [-0.05, 0) is 12.5 Å². The van der Waals surface area contributed by atoms with Crippen LogP contribution in [-0.4, -0.2) is 30.3 Å². The van der Waals surface area contributed by atoms with Crippen molar-refractivity contribution in [1.82, 2.24) is 5.32 Å². The molecule has 1 heterocycles. The Balaban J connectivity index is 3.08. The number of hydrogen-bond acceptors (Lipinski definition) is 2. The Hall–Kier alpha value is -0.780. The lowest BCUT2D eigenvalue weighted by molar-refractivity contribution is -0.235. The topological polar surface area (TPSA) is 49.3 Å². The summed E-state index contributed by atoms with van der Waals surface area (Å²) in [6, 6.07) is 0. The predicted octanol–water partition coefficient (Wildman–Crippen LogP) is 0.859. The van der Waals surface area contributed by atoms with Crippen molar-refractivity contribution in [2.24, 2.45) is 11.3 Å². The van der Waals surface area contributed by atoms with E-state index in [1.54, 1.807) is 0 Å². The average molecular weight is 197 g/mol. The molecule has 0 aromatic carbocycles. The van der Waals surface area contributed by atoms with E-state index in [9.17, 15) is 18.0 Å². The zero-order chi connectivity index (χ0) is 10.3. The Kier molecular flexibility index (Phi) is 2.27. The highest BCUT2D eigenvalue weighted by Gasteiger charge is 2.65. The van der Waals surface area contributed by atoms with E-state index in [2.05, 4.69) is 5.32 Å². The van der Waals surface area contributed by atoms with Crippen LogP contribution >= 0.6 is 0 Å². The summed E-state index contributed by atoms with van der Waals surface area (Å²) in [5.41, 5.74) is -2.60. The molecule has 0 aromatic heterocycles. The Morgan fingerprint density at radius 3 is 2.31 bits per heavy atom. The van der Waals surface area contributed by atoms with E-state index in [0.29, 0.717) is 0 Å². The van der Waals surface area contributed by atoms with Crippen molar-refractivity contribution in [3.05, 3.63) is 0 Å². The van der Waals surface area contributed by atoms with Gasteiger partial charge in [0, 0.05) is 6.54 Å². The van der Waals surface area contributed by atoms with Gasteiger partial charge in [0.05, 0.1) is 0 Å². The van der Waals surface area contributed by atoms with Crippen LogP contribution in [0.25, 0.3) is 0 Å². The SMILES string of the molecule is CC1CNCC1(C(=O)O)C(F)(F)F. The standard InChI is InChI=1S/C7H10F3NO2/c1-4-2-11-3-6(4,5(12)13)7(8,9)10/h4,11H,2-3H2,1H3,(H,12,13). The first kappa shape index (κ1) is 10.3. The maximum absolute atomic E-state index is 12.5. The first-order chi connectivity index (χ1) is 5.82. The van der Waals surface area contributed by atoms with Gasteiger partial charge in [0.2, 0.25) is 0 Å². The number of carboxylic acid groups (broad SMARTS) is 1. The van der Waals surface area contributed by atoms with Crippen molar-refractivity contribution < 1.29 is 23.1 Å². The molecule has 1 aliphatic heterocycles. The van der Waals surface area contributed by atoms with Gasteiger partial charge in [0.15, 0.2) is 5.41 Å². The molecule has 2 atom stereocenters. The van der Waals surface area contributed by atoms with Crippen LogP contribution in [0.15, 0.2) is 0 Å². The maximum atomic E-state index is 12.5. The van der Waals surface area contributed by atoms with Crippen molar-refractivity contribution in [2.45, 2.75) is 13.1 Å². The highest BCUT2D eigenvalue weighted by molar-refractivity contribution is 5.77. The van der Waals surface area contributed by atoms with E-state index in [-0.39, 0.29) is 6.54 Å². The molecule has 0 radical (unpaired) electrons. The largest absolute Gasteiger partial charge is 0.481 e. The van der Waals surface area contributed by atoms with Crippen LogP contribution < -0.4 is 5.32 Å². The number of hydrogen-bond donors (Lipinski definition) is 2. The summed E-state index contributed by atoms with van der Waals surface area (Å²) >= 11 is 0. The van der Waals surface area contributed by atoms with Gasteiger partial charge in [-0.15, -0.1) is 0 Å². The van der Waals surface area contributed by atoms with Gasteiger partial charge >= 0.3 is 12.1 Å². The summed E-state index contributed by atoms with van der Waals surface area (Å²) in [6.07, 6.45) is -4.69. The van der Waals surface area contributed by atoms with E-state index in [0.717, 1.165) is 0 Å². The molecule has 13 heavy (non-hydrogen) atoms. The number of halogens is 3. The molecule has 0 bridgehead atoms. The highest BCUT2D eigenvalue weighted by Crippen LogP contribution is 2.46. The average Bonchev–Trinajstić information content (AvgIpc) is 2.29. The summed E-state index contributed by atoms with van der Waals surface area (Å²) in [7, 11) is 0. The normalized spacial score (nSPS) is 34.9. The molecular weight excluding hydrogens is 187 g/mol. The van der Waals surface area contributed by atoms with Gasteiger partial charge in [-0.3, -0.25) is 4.79 Å². The van der Waals surface area contributed by atoms with E-state index < -0.39 is 30.0 Å². The minimum Gasteiger partial charge on any atom is -0.481 e. The second-order valence-electron chi connectivity index (χ2n) is 3.31. The lowest BCUT2D eigenvalue weighted by atomic mass is 9.78. The molecule has 76 valence electrons. The molecule has 6 heteroatoms. The molecule has 0 saturated carbocycles. The first-order valence-corrected chi connectivity index (χ1v) is 3.83. The molecule has 1 saturated heterocycles. The Bertz CT molecular complexity index is 228. The predicted molar refractivity (Wildman–Crippen MR) is 38.2 cm³/mol. The van der Waals surface area contributed by atoms with Crippen LogP contribution in [0.2, 0.25) is 0 Å². The molecule has 2 unspecified atom stereocenters. The molecule has 0 spiro atoms. The lowest BCUT2D eigenvalue weighted by Gasteiger charge is -2.30. The second kappa shape index (κ2) is 2.87. The van der Waals surface area contributed by atoms with Crippen molar-refractivity contribution in [3.63, 3.8) is 0 Å². The van der Waals surface area contributed by atoms with E-state index >= 15 is 0 Å². The molecule has 3 nitrogen and oxygen atoms in total. The molecule has 0 aliphatic carbocycles. The minimum absolute atomic E-state index is 0.0891. The van der Waals surface area contributed by atoms with Crippen LogP contribution in [0.1, 0.15) is 6.92 Å². The summed E-state index contributed by atoms with van der Waals surface area (Å²) < 4.78 is 37.5. The lowest BCUT2D eigenvalue weighted by Crippen LogP contribution is -2.50. The summed E-state index contributed by atoms with van der Waals surface area (Å²) in [5.74, 6) is -2.72. The molecule has 2 N–H and O–H groups in total. The number of rotatable bonds is 1. The van der Waals surface area contributed by atoms with Gasteiger partial charge in [-0.25, -0.2) is 0 Å². The minimum atomic E-state index is -4.69. The number of carbonyl (C=O) groups is 1. The van der Waals surface area contributed by atoms with E-state index in [4.69, 9.17) is 5.11 Å². The van der Waals surface area contributed by atoms with Gasteiger partial charge in [0.25, 0.3) is 0 Å². The van der Waals surface area contributed by atoms with Gasteiger partial charge in [-0.1, -0.05) is 6.92 Å². The fourth-order valence-electron chi connectivity index (χ4n) is 1.62. The Morgan fingerprint density at radius 2 is 2.15 bits per heavy atom. The van der Waals surface area contributed by atoms with Crippen molar-refractivity contribution in [2.75, 3.05) is 13.1 Å². The fraction of sp³-hybridized carbons (Fsp3) is 0.857. The third-order valence-corrected chi connectivity index (χ3v) is 2.58. The Labute approximate surface area is 72.9 Å². The van der Waals surface area contributed by atoms with Crippen LogP contribution in [0.5, 0.6) is 0 Å². The number of alkyl halides is 3. The summed E-state index contributed by atoms with van der Waals surface area (Å²) in [5, 5.41) is 11.1. The van der Waals surface area contributed by atoms with Gasteiger partial charge < -0.3 is 10.4 Å². The monoisotopic (exact) mass is 197 g/mol. The quantitative estimate of drug-likeness (QED) is 0.655. The maximum Gasteiger partial charge on any atom is 0.406 e. The zero-order valence-electron chi connectivity index (χ0n) is 6.98. The first-order valence-electron chi connectivity index (χ1n) is 3.83.